The molecule has 0 aliphatic heterocycles. The molecule has 0 bridgehead atoms. The summed E-state index contributed by atoms with van der Waals surface area (Å²) >= 11 is 0. The zero-order chi connectivity index (χ0) is 15.3. The molecule has 0 saturated heterocycles. The Labute approximate surface area is 116 Å². The molecule has 20 heavy (non-hydrogen) atoms. The first-order valence-electron chi connectivity index (χ1n) is 6.33. The number of hydrogen-bond acceptors (Lipinski definition) is 5. The van der Waals surface area contributed by atoms with Crippen LogP contribution in [0.3, 0.4) is 0 Å². The second-order valence-corrected chi connectivity index (χ2v) is 3.95. The molecule has 0 radical (unpaired) electrons. The van der Waals surface area contributed by atoms with Gasteiger partial charge in [-0.1, -0.05) is 0 Å². The fraction of sp³-hybridized carbons (Fsp3) is 0.462. The Bertz CT molecular complexity index is 640. The van der Waals surface area contributed by atoms with Crippen molar-refractivity contribution >= 4 is 17.9 Å². The molecule has 0 aliphatic carbocycles. The molecular formula is C13H19N3O4. The molecule has 0 fully saturated rings. The van der Waals surface area contributed by atoms with Gasteiger partial charge in [-0.2, -0.15) is 0 Å². The third-order valence-electron chi connectivity index (χ3n) is 2.92. The number of nitrogens with zero attached hydrogens (tertiary/aromatic N) is 2. The van der Waals surface area contributed by atoms with Crippen molar-refractivity contribution in [2.24, 2.45) is 0 Å². The van der Waals surface area contributed by atoms with Gasteiger partial charge in [0.25, 0.3) is 5.56 Å². The maximum Gasteiger partial charge on any atom is 0.332 e. The molecule has 7 nitrogen and oxygen atoms in total. The van der Waals surface area contributed by atoms with E-state index in [9.17, 15) is 14.4 Å². The predicted octanol–water partition coefficient (Wildman–Crippen LogP) is 0.278. The second-order valence-electron chi connectivity index (χ2n) is 3.95. The second kappa shape index (κ2) is 6.74. The molecule has 0 atom stereocenters. The van der Waals surface area contributed by atoms with Gasteiger partial charge in [-0.15, -0.1) is 0 Å². The summed E-state index contributed by atoms with van der Waals surface area (Å²) in [6, 6.07) is 0. The minimum absolute atomic E-state index is 0.251. The number of methoxy groups -OCH3 is 1. The van der Waals surface area contributed by atoms with Gasteiger partial charge in [0.15, 0.2) is 0 Å². The van der Waals surface area contributed by atoms with Crippen LogP contribution in [0.1, 0.15) is 19.4 Å². The monoisotopic (exact) mass is 281 g/mol. The van der Waals surface area contributed by atoms with Crippen molar-refractivity contribution < 1.29 is 9.53 Å². The summed E-state index contributed by atoms with van der Waals surface area (Å²) in [7, 11) is 2.87. The lowest BCUT2D eigenvalue weighted by atomic mass is 10.2. The van der Waals surface area contributed by atoms with E-state index in [0.29, 0.717) is 12.4 Å². The van der Waals surface area contributed by atoms with Crippen molar-refractivity contribution in [1.82, 2.24) is 9.13 Å². The van der Waals surface area contributed by atoms with Gasteiger partial charge in [0.05, 0.1) is 12.7 Å². The molecule has 7 heteroatoms. The van der Waals surface area contributed by atoms with Crippen LogP contribution in [0.2, 0.25) is 0 Å². The zero-order valence-corrected chi connectivity index (χ0v) is 12.1. The van der Waals surface area contributed by atoms with Crippen LogP contribution in [0.25, 0.3) is 6.08 Å². The summed E-state index contributed by atoms with van der Waals surface area (Å²) in [5.74, 6) is -0.184. The Morgan fingerprint density at radius 3 is 2.30 bits per heavy atom. The van der Waals surface area contributed by atoms with Crippen molar-refractivity contribution in [3.8, 4) is 0 Å². The van der Waals surface area contributed by atoms with Gasteiger partial charge in [0.1, 0.15) is 5.82 Å². The first-order valence-corrected chi connectivity index (χ1v) is 6.33. The van der Waals surface area contributed by atoms with Crippen LogP contribution in [0.15, 0.2) is 15.7 Å². The summed E-state index contributed by atoms with van der Waals surface area (Å²) in [5.41, 5.74) is -0.563. The Morgan fingerprint density at radius 1 is 1.25 bits per heavy atom. The summed E-state index contributed by atoms with van der Waals surface area (Å²) < 4.78 is 7.07. The largest absolute Gasteiger partial charge is 0.466 e. The number of carbonyl (C=O) groups is 1. The lowest BCUT2D eigenvalue weighted by Crippen LogP contribution is -2.41. The maximum atomic E-state index is 12.3. The van der Waals surface area contributed by atoms with Crippen LogP contribution in [0.4, 0.5) is 5.82 Å². The number of rotatable bonds is 5. The Morgan fingerprint density at radius 2 is 1.85 bits per heavy atom. The number of nitrogens with one attached hydrogen (secondary N) is 1. The molecule has 0 saturated carbocycles. The van der Waals surface area contributed by atoms with Crippen molar-refractivity contribution in [2.75, 3.05) is 19.5 Å². The lowest BCUT2D eigenvalue weighted by Gasteiger charge is -2.15. The van der Waals surface area contributed by atoms with E-state index in [1.54, 1.807) is 20.9 Å². The van der Waals surface area contributed by atoms with Crippen LogP contribution in [0.5, 0.6) is 0 Å². The van der Waals surface area contributed by atoms with Gasteiger partial charge in [0, 0.05) is 26.2 Å². The molecule has 0 aliphatic rings. The van der Waals surface area contributed by atoms with Crippen molar-refractivity contribution in [1.29, 1.82) is 0 Å². The van der Waals surface area contributed by atoms with Gasteiger partial charge < -0.3 is 10.1 Å². The number of carbonyl (C=O) groups excluding carboxylic acids is 1. The highest BCUT2D eigenvalue weighted by Crippen LogP contribution is 2.10. The molecule has 1 aromatic rings. The minimum atomic E-state index is -0.566. The van der Waals surface area contributed by atoms with Crippen molar-refractivity contribution in [2.45, 2.75) is 26.9 Å². The molecule has 0 aromatic carbocycles. The van der Waals surface area contributed by atoms with E-state index < -0.39 is 11.5 Å². The smallest absolute Gasteiger partial charge is 0.332 e. The van der Waals surface area contributed by atoms with Gasteiger partial charge >= 0.3 is 11.7 Å². The van der Waals surface area contributed by atoms with Gasteiger partial charge in [-0.25, -0.2) is 9.59 Å². The van der Waals surface area contributed by atoms with Gasteiger partial charge in [-0.3, -0.25) is 13.9 Å². The summed E-state index contributed by atoms with van der Waals surface area (Å²) in [5, 5.41) is 2.84. The first kappa shape index (κ1) is 15.7. The summed E-state index contributed by atoms with van der Waals surface area (Å²) in [6.07, 6.45) is 2.51. The number of hydrogen-bond donors (Lipinski definition) is 1. The topological polar surface area (TPSA) is 82.3 Å². The molecule has 110 valence electrons. The summed E-state index contributed by atoms with van der Waals surface area (Å²) in [6.45, 7) is 4.20. The Balaban J connectivity index is 3.65. The third kappa shape index (κ3) is 2.81. The molecule has 0 amide bonds. The van der Waals surface area contributed by atoms with Crippen LogP contribution in [-0.4, -0.2) is 29.3 Å². The molecule has 1 aromatic heterocycles. The third-order valence-corrected chi connectivity index (χ3v) is 2.92. The fourth-order valence-electron chi connectivity index (χ4n) is 1.93. The standard InChI is InChI=1S/C13H19N3O4/c1-5-15-11(14-3)9(7-8-10(17)20-4)12(18)16(6-2)13(15)19/h7-8,14H,5-6H2,1-4H3/b8-7+. The van der Waals surface area contributed by atoms with E-state index >= 15 is 0 Å². The highest BCUT2D eigenvalue weighted by atomic mass is 16.5. The van der Waals surface area contributed by atoms with E-state index in [1.165, 1.54) is 17.8 Å². The van der Waals surface area contributed by atoms with Crippen LogP contribution in [-0.2, 0) is 22.6 Å². The lowest BCUT2D eigenvalue weighted by molar-refractivity contribution is -0.134. The van der Waals surface area contributed by atoms with Crippen LogP contribution < -0.4 is 16.6 Å². The van der Waals surface area contributed by atoms with E-state index in [-0.39, 0.29) is 17.8 Å². The molecule has 0 unspecified atom stereocenters. The molecule has 0 spiro atoms. The number of anilines is 1. The highest BCUT2D eigenvalue weighted by Gasteiger charge is 2.15. The maximum absolute atomic E-state index is 12.3. The molecule has 1 rings (SSSR count). The summed E-state index contributed by atoms with van der Waals surface area (Å²) in [4.78, 5) is 35.6. The first-order chi connectivity index (χ1) is 9.51. The average Bonchev–Trinajstić information content (AvgIpc) is 2.45. The zero-order valence-electron chi connectivity index (χ0n) is 12.1. The molecular weight excluding hydrogens is 262 g/mol. The van der Waals surface area contributed by atoms with Crippen molar-refractivity contribution in [3.63, 3.8) is 0 Å². The van der Waals surface area contributed by atoms with Crippen LogP contribution >= 0.6 is 0 Å². The van der Waals surface area contributed by atoms with E-state index in [0.717, 1.165) is 10.6 Å². The average molecular weight is 281 g/mol. The number of aromatic nitrogens is 2. The SMILES string of the molecule is CCn1c(NC)c(/C=C/C(=O)OC)c(=O)n(CC)c1=O. The van der Waals surface area contributed by atoms with Gasteiger partial charge in [-0.05, 0) is 19.9 Å². The molecule has 1 heterocycles. The molecule has 1 N–H and O–H groups in total. The Hall–Kier alpha value is -2.31. The number of ether oxygens (including phenoxy) is 1. The van der Waals surface area contributed by atoms with E-state index in [1.807, 2.05) is 0 Å². The Kier molecular flexibility index (Phi) is 5.31. The van der Waals surface area contributed by atoms with Crippen molar-refractivity contribution in [3.05, 3.63) is 32.5 Å². The van der Waals surface area contributed by atoms with E-state index in [2.05, 4.69) is 10.1 Å². The minimum Gasteiger partial charge on any atom is -0.466 e. The normalized spacial score (nSPS) is 10.8. The van der Waals surface area contributed by atoms with Gasteiger partial charge in [0.2, 0.25) is 0 Å². The highest BCUT2D eigenvalue weighted by molar-refractivity contribution is 5.87. The predicted molar refractivity (Wildman–Crippen MR) is 76.9 cm³/mol. The number of esters is 1. The fourth-order valence-corrected chi connectivity index (χ4v) is 1.93. The van der Waals surface area contributed by atoms with E-state index in [4.69, 9.17) is 0 Å². The quantitative estimate of drug-likeness (QED) is 0.619. The van der Waals surface area contributed by atoms with Crippen LogP contribution in [0, 0.1) is 0 Å².